The lowest BCUT2D eigenvalue weighted by molar-refractivity contribution is 0.105. The van der Waals surface area contributed by atoms with Crippen LogP contribution in [0.3, 0.4) is 0 Å². The molecule has 0 radical (unpaired) electrons. The number of carbonyl (C=O) groups excluding carboxylic acids is 1. The molecule has 1 aliphatic carbocycles. The van der Waals surface area contributed by atoms with Gasteiger partial charge in [-0.25, -0.2) is 0 Å². The Morgan fingerprint density at radius 3 is 2.36 bits per heavy atom. The van der Waals surface area contributed by atoms with Gasteiger partial charge in [-0.2, -0.15) is 0 Å². The lowest BCUT2D eigenvalue weighted by atomic mass is 10.0. The summed E-state index contributed by atoms with van der Waals surface area (Å²) in [6.07, 6.45) is 3.51. The van der Waals surface area contributed by atoms with Crippen molar-refractivity contribution in [3.63, 3.8) is 0 Å². The lowest BCUT2D eigenvalue weighted by Crippen LogP contribution is -1.91. The highest BCUT2D eigenvalue weighted by Gasteiger charge is 2.13. The highest BCUT2D eigenvalue weighted by atomic mass is 16.1. The molecule has 0 fully saturated rings. The summed E-state index contributed by atoms with van der Waals surface area (Å²) < 4.78 is 0. The molecule has 0 atom stereocenters. The zero-order valence-electron chi connectivity index (χ0n) is 7.53. The molecule has 0 N–H and O–H groups in total. The van der Waals surface area contributed by atoms with Crippen LogP contribution in [-0.2, 0) is 0 Å². The molecule has 14 heavy (non-hydrogen) atoms. The Morgan fingerprint density at radius 1 is 0.857 bits per heavy atom. The molecule has 2 aromatic rings. The highest BCUT2D eigenvalue weighted by molar-refractivity contribution is 6.15. The number of hydrogen-bond donors (Lipinski definition) is 0. The maximum atomic E-state index is 11.4. The van der Waals surface area contributed by atoms with E-state index < -0.39 is 0 Å². The van der Waals surface area contributed by atoms with Crippen LogP contribution in [0.4, 0.5) is 0 Å². The molecule has 0 unspecified atom stereocenters. The largest absolute Gasteiger partial charge is 0.289 e. The molecule has 1 nitrogen and oxygen atoms in total. The molecule has 1 heteroatoms. The predicted octanol–water partition coefficient (Wildman–Crippen LogP) is 3.05. The van der Waals surface area contributed by atoms with Crippen molar-refractivity contribution in [2.24, 2.45) is 0 Å². The van der Waals surface area contributed by atoms with Gasteiger partial charge in [0.25, 0.3) is 0 Å². The van der Waals surface area contributed by atoms with Gasteiger partial charge >= 0.3 is 0 Å². The first-order chi connectivity index (χ1) is 6.84. The number of ketones is 1. The minimum absolute atomic E-state index is 0.116. The average Bonchev–Trinajstić information content (AvgIpc) is 2.57. The monoisotopic (exact) mass is 180 g/mol. The van der Waals surface area contributed by atoms with Gasteiger partial charge in [0.2, 0.25) is 0 Å². The number of hydrogen-bond acceptors (Lipinski definition) is 1. The van der Waals surface area contributed by atoms with E-state index in [1.165, 1.54) is 5.39 Å². The second kappa shape index (κ2) is 2.55. The van der Waals surface area contributed by atoms with Gasteiger partial charge in [-0.1, -0.05) is 30.3 Å². The maximum absolute atomic E-state index is 11.4. The SMILES string of the molecule is O=C1C=Cc2cc3ccccc3cc21. The van der Waals surface area contributed by atoms with Crippen molar-refractivity contribution < 1.29 is 4.79 Å². The fourth-order valence-corrected chi connectivity index (χ4v) is 1.86. The zero-order valence-corrected chi connectivity index (χ0v) is 7.53. The molecule has 0 heterocycles. The Hall–Kier alpha value is -1.89. The van der Waals surface area contributed by atoms with Crippen LogP contribution in [0.1, 0.15) is 15.9 Å². The first-order valence-electron chi connectivity index (χ1n) is 4.60. The maximum Gasteiger partial charge on any atom is 0.186 e. The molecule has 0 saturated carbocycles. The predicted molar refractivity (Wildman–Crippen MR) is 57.3 cm³/mol. The van der Waals surface area contributed by atoms with E-state index in [9.17, 15) is 4.79 Å². The Kier molecular flexibility index (Phi) is 1.37. The lowest BCUT2D eigenvalue weighted by Gasteiger charge is -2.01. The molecule has 0 aromatic heterocycles. The first-order valence-corrected chi connectivity index (χ1v) is 4.60. The van der Waals surface area contributed by atoms with Crippen LogP contribution in [0.2, 0.25) is 0 Å². The van der Waals surface area contributed by atoms with Crippen molar-refractivity contribution in [1.82, 2.24) is 0 Å². The van der Waals surface area contributed by atoms with Crippen molar-refractivity contribution in [3.8, 4) is 0 Å². The van der Waals surface area contributed by atoms with E-state index in [1.807, 2.05) is 30.3 Å². The summed E-state index contributed by atoms with van der Waals surface area (Å²) >= 11 is 0. The topological polar surface area (TPSA) is 17.1 Å². The van der Waals surface area contributed by atoms with Gasteiger partial charge in [0.15, 0.2) is 5.78 Å². The smallest absolute Gasteiger partial charge is 0.186 e. The van der Waals surface area contributed by atoms with Crippen LogP contribution in [-0.4, -0.2) is 5.78 Å². The van der Waals surface area contributed by atoms with Gasteiger partial charge in [-0.05, 0) is 34.5 Å². The van der Waals surface area contributed by atoms with Crippen molar-refractivity contribution in [3.05, 3.63) is 53.6 Å². The van der Waals surface area contributed by atoms with Gasteiger partial charge in [-0.15, -0.1) is 0 Å². The summed E-state index contributed by atoms with van der Waals surface area (Å²) in [5, 5.41) is 2.31. The first kappa shape index (κ1) is 7.51. The van der Waals surface area contributed by atoms with Gasteiger partial charge < -0.3 is 0 Å². The molecule has 0 saturated heterocycles. The molecule has 0 spiro atoms. The molecule has 0 amide bonds. The molecule has 3 rings (SSSR count). The van der Waals surface area contributed by atoms with Crippen LogP contribution in [0.25, 0.3) is 16.8 Å². The van der Waals surface area contributed by atoms with Crippen molar-refractivity contribution in [1.29, 1.82) is 0 Å². The van der Waals surface area contributed by atoms with Crippen molar-refractivity contribution in [2.75, 3.05) is 0 Å². The van der Waals surface area contributed by atoms with Gasteiger partial charge in [-0.3, -0.25) is 4.79 Å². The van der Waals surface area contributed by atoms with Crippen LogP contribution < -0.4 is 0 Å². The van der Waals surface area contributed by atoms with Crippen LogP contribution >= 0.6 is 0 Å². The fourth-order valence-electron chi connectivity index (χ4n) is 1.86. The molecule has 66 valence electrons. The van der Waals surface area contributed by atoms with E-state index in [0.29, 0.717) is 0 Å². The van der Waals surface area contributed by atoms with E-state index in [1.54, 1.807) is 6.08 Å². The van der Waals surface area contributed by atoms with Gasteiger partial charge in [0, 0.05) is 5.56 Å². The number of benzene rings is 2. The summed E-state index contributed by atoms with van der Waals surface area (Å²) in [4.78, 5) is 11.4. The molecule has 1 aliphatic rings. The second-order valence-electron chi connectivity index (χ2n) is 3.48. The van der Waals surface area contributed by atoms with Gasteiger partial charge in [0.05, 0.1) is 0 Å². The second-order valence-corrected chi connectivity index (χ2v) is 3.48. The third-order valence-electron chi connectivity index (χ3n) is 2.60. The van der Waals surface area contributed by atoms with E-state index in [-0.39, 0.29) is 5.78 Å². The summed E-state index contributed by atoms with van der Waals surface area (Å²) in [6.45, 7) is 0. The normalized spacial score (nSPS) is 13.6. The number of fused-ring (bicyclic) bond motifs is 2. The Labute approximate surface area is 81.7 Å². The van der Waals surface area contributed by atoms with Crippen LogP contribution in [0, 0.1) is 0 Å². The van der Waals surface area contributed by atoms with Crippen molar-refractivity contribution >= 4 is 22.6 Å². The summed E-state index contributed by atoms with van der Waals surface area (Å²) in [6, 6.07) is 12.1. The molecule has 0 aliphatic heterocycles. The Balaban J connectivity index is 2.42. The summed E-state index contributed by atoms with van der Waals surface area (Å²) in [7, 11) is 0. The van der Waals surface area contributed by atoms with Gasteiger partial charge in [0.1, 0.15) is 0 Å². The molecule has 0 bridgehead atoms. The molecular formula is C13H8O. The standard InChI is InChI=1S/C13H8O/c14-13-6-5-11-7-9-3-1-2-4-10(9)8-12(11)13/h1-8H. The third kappa shape index (κ3) is 0.925. The number of carbonyl (C=O) groups is 1. The number of allylic oxidation sites excluding steroid dienone is 1. The third-order valence-corrected chi connectivity index (χ3v) is 2.60. The van der Waals surface area contributed by atoms with E-state index in [0.717, 1.165) is 16.5 Å². The van der Waals surface area contributed by atoms with E-state index >= 15 is 0 Å². The Morgan fingerprint density at radius 2 is 1.57 bits per heavy atom. The fraction of sp³-hybridized carbons (Fsp3) is 0. The quantitative estimate of drug-likeness (QED) is 0.609. The van der Waals surface area contributed by atoms with Crippen molar-refractivity contribution in [2.45, 2.75) is 0 Å². The van der Waals surface area contributed by atoms with Crippen LogP contribution in [0.15, 0.2) is 42.5 Å². The summed E-state index contributed by atoms with van der Waals surface area (Å²) in [5.41, 5.74) is 1.86. The minimum atomic E-state index is 0.116. The highest BCUT2D eigenvalue weighted by Crippen LogP contribution is 2.25. The summed E-state index contributed by atoms with van der Waals surface area (Å²) in [5.74, 6) is 0.116. The van der Waals surface area contributed by atoms with E-state index in [4.69, 9.17) is 0 Å². The zero-order chi connectivity index (χ0) is 9.54. The molecular weight excluding hydrogens is 172 g/mol. The van der Waals surface area contributed by atoms with E-state index in [2.05, 4.69) is 12.1 Å². The average molecular weight is 180 g/mol. The minimum Gasteiger partial charge on any atom is -0.289 e. The number of rotatable bonds is 0. The molecule has 2 aromatic carbocycles. The van der Waals surface area contributed by atoms with Crippen LogP contribution in [0.5, 0.6) is 0 Å². The Bertz CT molecular complexity index is 564.